The zero-order valence-corrected chi connectivity index (χ0v) is 13.5. The third-order valence-corrected chi connectivity index (χ3v) is 5.14. The van der Waals surface area contributed by atoms with Crippen LogP contribution in [0.1, 0.15) is 12.1 Å². The first kappa shape index (κ1) is 14.9. The fourth-order valence-corrected chi connectivity index (χ4v) is 3.87. The molecule has 0 amide bonds. The second-order valence-corrected chi connectivity index (χ2v) is 6.84. The first-order valence-electron chi connectivity index (χ1n) is 7.43. The highest BCUT2D eigenvalue weighted by atomic mass is 32.1. The lowest BCUT2D eigenvalue weighted by molar-refractivity contribution is 0.177. The smallest absolute Gasteiger partial charge is 0.193 e. The van der Waals surface area contributed by atoms with Crippen molar-refractivity contribution < 1.29 is 0 Å². The van der Waals surface area contributed by atoms with Gasteiger partial charge in [0.15, 0.2) is 4.96 Å². The molecule has 0 saturated carbocycles. The zero-order valence-electron chi connectivity index (χ0n) is 12.7. The number of hydrazine groups is 1. The Morgan fingerprint density at radius 3 is 3.10 bits per heavy atom. The van der Waals surface area contributed by atoms with E-state index < -0.39 is 0 Å². The van der Waals surface area contributed by atoms with E-state index in [0.717, 1.165) is 36.7 Å². The molecule has 0 bridgehead atoms. The van der Waals surface area contributed by atoms with Crippen LogP contribution in [0.4, 0.5) is 0 Å². The van der Waals surface area contributed by atoms with Gasteiger partial charge in [0.2, 0.25) is 0 Å². The molecule has 1 aliphatic rings. The van der Waals surface area contributed by atoms with Gasteiger partial charge in [-0.2, -0.15) is 0 Å². The van der Waals surface area contributed by atoms with Gasteiger partial charge in [0.1, 0.15) is 0 Å². The van der Waals surface area contributed by atoms with Crippen molar-refractivity contribution in [2.75, 3.05) is 33.7 Å². The third-order valence-electron chi connectivity index (χ3n) is 4.37. The van der Waals surface area contributed by atoms with Crippen LogP contribution in [-0.4, -0.2) is 65.0 Å². The van der Waals surface area contributed by atoms with E-state index in [-0.39, 0.29) is 6.04 Å². The first-order chi connectivity index (χ1) is 10.2. The Morgan fingerprint density at radius 2 is 2.33 bits per heavy atom. The molecule has 2 aromatic rings. The van der Waals surface area contributed by atoms with Crippen LogP contribution in [0.5, 0.6) is 0 Å². The number of nitrogens with zero attached hydrogens (tertiary/aromatic N) is 4. The van der Waals surface area contributed by atoms with Crippen molar-refractivity contribution in [1.29, 1.82) is 0 Å². The Balaban J connectivity index is 1.75. The first-order valence-corrected chi connectivity index (χ1v) is 8.31. The summed E-state index contributed by atoms with van der Waals surface area (Å²) in [4.78, 5) is 10.5. The Morgan fingerprint density at radius 1 is 1.48 bits per heavy atom. The maximum absolute atomic E-state index is 5.85. The summed E-state index contributed by atoms with van der Waals surface area (Å²) in [5.41, 5.74) is 4.12. The molecule has 7 heteroatoms. The fourth-order valence-electron chi connectivity index (χ4n) is 3.15. The van der Waals surface area contributed by atoms with Gasteiger partial charge in [0, 0.05) is 42.8 Å². The molecule has 0 aromatic carbocycles. The van der Waals surface area contributed by atoms with Crippen molar-refractivity contribution >= 4 is 16.3 Å². The summed E-state index contributed by atoms with van der Waals surface area (Å²) < 4.78 is 2.08. The van der Waals surface area contributed by atoms with E-state index in [1.165, 1.54) is 6.42 Å². The quantitative estimate of drug-likeness (QED) is 0.633. The molecule has 0 radical (unpaired) electrons. The molecule has 6 nitrogen and oxygen atoms in total. The number of fused-ring (bicyclic) bond motifs is 1. The van der Waals surface area contributed by atoms with E-state index in [2.05, 4.69) is 50.3 Å². The number of likely N-dealkylation sites (N-methyl/N-ethyl adjacent to an activating group) is 2. The third kappa shape index (κ3) is 3.27. The van der Waals surface area contributed by atoms with Crippen molar-refractivity contribution in [1.82, 2.24) is 24.6 Å². The van der Waals surface area contributed by atoms with Crippen LogP contribution in [0.25, 0.3) is 4.96 Å². The predicted molar refractivity (Wildman–Crippen MR) is 86.4 cm³/mol. The largest absolute Gasteiger partial charge is 0.305 e. The van der Waals surface area contributed by atoms with E-state index in [4.69, 9.17) is 5.84 Å². The molecule has 0 spiro atoms. The molecule has 1 fully saturated rings. The highest BCUT2D eigenvalue weighted by molar-refractivity contribution is 7.15. The molecule has 21 heavy (non-hydrogen) atoms. The van der Waals surface area contributed by atoms with E-state index in [1.54, 1.807) is 11.3 Å². The van der Waals surface area contributed by atoms with E-state index in [9.17, 15) is 0 Å². The summed E-state index contributed by atoms with van der Waals surface area (Å²) in [6, 6.07) is 0.613. The molecule has 2 unspecified atom stereocenters. The number of thiazole rings is 1. The molecule has 1 saturated heterocycles. The minimum absolute atomic E-state index is 0.208. The van der Waals surface area contributed by atoms with Crippen molar-refractivity contribution in [2.45, 2.75) is 24.9 Å². The van der Waals surface area contributed by atoms with E-state index in [1.807, 2.05) is 6.20 Å². The Kier molecular flexibility index (Phi) is 4.56. The summed E-state index contributed by atoms with van der Waals surface area (Å²) in [6.07, 6.45) is 6.22. The van der Waals surface area contributed by atoms with Crippen LogP contribution in [0, 0.1) is 0 Å². The number of hydrogen-bond donors (Lipinski definition) is 2. The highest BCUT2D eigenvalue weighted by Crippen LogP contribution is 2.16. The molecular weight excluding hydrogens is 284 g/mol. The number of aromatic nitrogens is 2. The minimum Gasteiger partial charge on any atom is -0.305 e. The SMILES string of the molecule is CN1CCCN(C)C(C(Cc2cn3ccsc3n2)NN)C1. The normalized spacial score (nSPS) is 23.5. The lowest BCUT2D eigenvalue weighted by atomic mass is 10.0. The van der Waals surface area contributed by atoms with Gasteiger partial charge in [0.05, 0.1) is 5.69 Å². The van der Waals surface area contributed by atoms with Gasteiger partial charge < -0.3 is 9.80 Å². The average molecular weight is 308 g/mol. The van der Waals surface area contributed by atoms with Gasteiger partial charge in [0.25, 0.3) is 0 Å². The van der Waals surface area contributed by atoms with Crippen molar-refractivity contribution in [3.05, 3.63) is 23.5 Å². The van der Waals surface area contributed by atoms with Gasteiger partial charge in [-0.15, -0.1) is 11.3 Å². The van der Waals surface area contributed by atoms with Crippen LogP contribution < -0.4 is 11.3 Å². The Bertz CT molecular complexity index is 550. The molecule has 3 rings (SSSR count). The minimum atomic E-state index is 0.208. The fraction of sp³-hybridized carbons (Fsp3) is 0.643. The standard InChI is InChI=1S/C14H24N6S/c1-18-4-3-5-19(2)13(10-18)12(17-15)8-11-9-20-6-7-21-14(20)16-11/h6-7,9,12-13,17H,3-5,8,10,15H2,1-2H3. The Labute approximate surface area is 129 Å². The summed E-state index contributed by atoms with van der Waals surface area (Å²) in [5.74, 6) is 5.85. The van der Waals surface area contributed by atoms with Gasteiger partial charge >= 0.3 is 0 Å². The van der Waals surface area contributed by atoms with E-state index >= 15 is 0 Å². The lowest BCUT2D eigenvalue weighted by Crippen LogP contribution is -2.55. The molecule has 0 aliphatic carbocycles. The van der Waals surface area contributed by atoms with Crippen molar-refractivity contribution in [3.63, 3.8) is 0 Å². The monoisotopic (exact) mass is 308 g/mol. The number of nitrogens with two attached hydrogens (primary N) is 1. The van der Waals surface area contributed by atoms with Crippen molar-refractivity contribution in [2.24, 2.45) is 5.84 Å². The maximum Gasteiger partial charge on any atom is 0.193 e. The summed E-state index contributed by atoms with van der Waals surface area (Å²) >= 11 is 1.66. The molecule has 116 valence electrons. The van der Waals surface area contributed by atoms with Crippen LogP contribution in [0.2, 0.25) is 0 Å². The lowest BCUT2D eigenvalue weighted by Gasteiger charge is -2.33. The van der Waals surface area contributed by atoms with Gasteiger partial charge in [-0.3, -0.25) is 15.7 Å². The van der Waals surface area contributed by atoms with Gasteiger partial charge in [-0.1, -0.05) is 0 Å². The molecule has 3 N–H and O–H groups in total. The van der Waals surface area contributed by atoms with Crippen molar-refractivity contribution in [3.8, 4) is 0 Å². The topological polar surface area (TPSA) is 61.8 Å². The van der Waals surface area contributed by atoms with Crippen LogP contribution in [-0.2, 0) is 6.42 Å². The van der Waals surface area contributed by atoms with Gasteiger partial charge in [-0.25, -0.2) is 4.98 Å². The predicted octanol–water partition coefficient (Wildman–Crippen LogP) is 0.406. The zero-order chi connectivity index (χ0) is 14.8. The summed E-state index contributed by atoms with van der Waals surface area (Å²) in [7, 11) is 4.38. The second kappa shape index (κ2) is 6.41. The Hall–Kier alpha value is -0.990. The molecule has 3 heterocycles. The van der Waals surface area contributed by atoms with E-state index in [0.29, 0.717) is 6.04 Å². The molecule has 2 aromatic heterocycles. The number of rotatable bonds is 4. The van der Waals surface area contributed by atoms with Crippen LogP contribution in [0.15, 0.2) is 17.8 Å². The maximum atomic E-state index is 5.85. The highest BCUT2D eigenvalue weighted by Gasteiger charge is 2.28. The van der Waals surface area contributed by atoms with Crippen LogP contribution >= 0.6 is 11.3 Å². The molecule has 1 aliphatic heterocycles. The van der Waals surface area contributed by atoms with Gasteiger partial charge in [-0.05, 0) is 33.6 Å². The summed E-state index contributed by atoms with van der Waals surface area (Å²) in [6.45, 7) is 3.30. The average Bonchev–Trinajstić information content (AvgIpc) is 2.98. The number of imidazole rings is 1. The van der Waals surface area contributed by atoms with Crippen LogP contribution in [0.3, 0.4) is 0 Å². The number of hydrogen-bond acceptors (Lipinski definition) is 6. The molecular formula is C14H24N6S. The number of nitrogens with one attached hydrogen (secondary N) is 1. The molecule has 2 atom stereocenters. The summed E-state index contributed by atoms with van der Waals surface area (Å²) in [5, 5.41) is 2.05. The second-order valence-electron chi connectivity index (χ2n) is 5.97.